The SMILES string of the molecule is Nc1ccc2[nH]c3ccccc3c2c1-c1ccccc1O. The number of rotatable bonds is 1. The first-order chi connectivity index (χ1) is 10.3. The van der Waals surface area contributed by atoms with Crippen molar-refractivity contribution in [1.82, 2.24) is 4.98 Å². The van der Waals surface area contributed by atoms with Crippen molar-refractivity contribution in [3.8, 4) is 16.9 Å². The lowest BCUT2D eigenvalue weighted by Crippen LogP contribution is -1.91. The Morgan fingerprint density at radius 2 is 1.57 bits per heavy atom. The summed E-state index contributed by atoms with van der Waals surface area (Å²) in [4.78, 5) is 3.40. The van der Waals surface area contributed by atoms with Crippen LogP contribution in [0.2, 0.25) is 0 Å². The lowest BCUT2D eigenvalue weighted by Gasteiger charge is -2.10. The molecule has 102 valence electrons. The fraction of sp³-hybridized carbons (Fsp3) is 0. The molecule has 0 amide bonds. The average Bonchev–Trinajstić information content (AvgIpc) is 2.87. The van der Waals surface area contributed by atoms with Gasteiger partial charge in [-0.2, -0.15) is 0 Å². The Hall–Kier alpha value is -2.94. The highest BCUT2D eigenvalue weighted by Gasteiger charge is 2.15. The summed E-state index contributed by atoms with van der Waals surface area (Å²) in [6, 6.07) is 19.3. The fourth-order valence-electron chi connectivity index (χ4n) is 2.93. The first-order valence-electron chi connectivity index (χ1n) is 6.83. The molecular weight excluding hydrogens is 260 g/mol. The number of hydrogen-bond acceptors (Lipinski definition) is 2. The number of hydrogen-bond donors (Lipinski definition) is 3. The number of nitrogens with two attached hydrogens (primary N) is 1. The molecule has 0 saturated carbocycles. The molecule has 3 heteroatoms. The fourth-order valence-corrected chi connectivity index (χ4v) is 2.93. The summed E-state index contributed by atoms with van der Waals surface area (Å²) in [7, 11) is 0. The minimum atomic E-state index is 0.238. The van der Waals surface area contributed by atoms with Crippen LogP contribution >= 0.6 is 0 Å². The number of aromatic hydroxyl groups is 1. The van der Waals surface area contributed by atoms with E-state index >= 15 is 0 Å². The largest absolute Gasteiger partial charge is 0.507 e. The van der Waals surface area contributed by atoms with Crippen molar-refractivity contribution in [2.45, 2.75) is 0 Å². The van der Waals surface area contributed by atoms with Gasteiger partial charge in [0.15, 0.2) is 0 Å². The third kappa shape index (κ3) is 1.68. The van der Waals surface area contributed by atoms with E-state index in [1.165, 1.54) is 0 Å². The summed E-state index contributed by atoms with van der Waals surface area (Å²) in [5.41, 5.74) is 10.6. The third-order valence-corrected chi connectivity index (χ3v) is 3.88. The van der Waals surface area contributed by atoms with E-state index in [2.05, 4.69) is 11.1 Å². The Bertz CT molecular complexity index is 969. The minimum absolute atomic E-state index is 0.238. The number of benzene rings is 3. The molecule has 1 aromatic heterocycles. The molecular formula is C18H14N2O. The lowest BCUT2D eigenvalue weighted by molar-refractivity contribution is 0.477. The second kappa shape index (κ2) is 4.28. The molecule has 0 fully saturated rings. The minimum Gasteiger partial charge on any atom is -0.507 e. The van der Waals surface area contributed by atoms with Crippen molar-refractivity contribution >= 4 is 27.5 Å². The van der Waals surface area contributed by atoms with E-state index in [1.54, 1.807) is 6.07 Å². The number of aromatic nitrogens is 1. The Balaban J connectivity index is 2.22. The molecule has 1 heterocycles. The summed E-state index contributed by atoms with van der Waals surface area (Å²) >= 11 is 0. The van der Waals surface area contributed by atoms with Gasteiger partial charge >= 0.3 is 0 Å². The molecule has 0 radical (unpaired) electrons. The summed E-state index contributed by atoms with van der Waals surface area (Å²) in [6.07, 6.45) is 0. The molecule has 3 nitrogen and oxygen atoms in total. The summed E-state index contributed by atoms with van der Waals surface area (Å²) in [5.74, 6) is 0.238. The first-order valence-corrected chi connectivity index (χ1v) is 6.83. The Kier molecular flexibility index (Phi) is 2.42. The third-order valence-electron chi connectivity index (χ3n) is 3.88. The van der Waals surface area contributed by atoms with E-state index in [0.29, 0.717) is 5.69 Å². The number of phenolic OH excluding ortho intramolecular Hbond substituents is 1. The lowest BCUT2D eigenvalue weighted by atomic mass is 9.97. The molecule has 0 atom stereocenters. The molecule has 0 spiro atoms. The first kappa shape index (κ1) is 11.9. The number of fused-ring (bicyclic) bond motifs is 3. The van der Waals surface area contributed by atoms with Gasteiger partial charge in [0.25, 0.3) is 0 Å². The monoisotopic (exact) mass is 274 g/mol. The van der Waals surface area contributed by atoms with Gasteiger partial charge in [-0.3, -0.25) is 0 Å². The highest BCUT2D eigenvalue weighted by Crippen LogP contribution is 2.41. The summed E-state index contributed by atoms with van der Waals surface area (Å²) in [6.45, 7) is 0. The van der Waals surface area contributed by atoms with Gasteiger partial charge in [0.2, 0.25) is 0 Å². The van der Waals surface area contributed by atoms with E-state index in [-0.39, 0.29) is 5.75 Å². The number of nitrogen functional groups attached to an aromatic ring is 1. The molecule has 21 heavy (non-hydrogen) atoms. The zero-order valence-electron chi connectivity index (χ0n) is 11.3. The molecule has 0 aliphatic heterocycles. The van der Waals surface area contributed by atoms with Crippen LogP contribution in [0.3, 0.4) is 0 Å². The maximum atomic E-state index is 10.2. The van der Waals surface area contributed by atoms with Gasteiger partial charge < -0.3 is 15.8 Å². The van der Waals surface area contributed by atoms with E-state index in [4.69, 9.17) is 5.73 Å². The highest BCUT2D eigenvalue weighted by molar-refractivity contribution is 6.17. The van der Waals surface area contributed by atoms with Crippen LogP contribution < -0.4 is 5.73 Å². The number of aromatic amines is 1. The average molecular weight is 274 g/mol. The van der Waals surface area contributed by atoms with Crippen LogP contribution in [-0.2, 0) is 0 Å². The van der Waals surface area contributed by atoms with Crippen molar-refractivity contribution in [2.24, 2.45) is 0 Å². The highest BCUT2D eigenvalue weighted by atomic mass is 16.3. The van der Waals surface area contributed by atoms with Crippen LogP contribution in [0.25, 0.3) is 32.9 Å². The zero-order chi connectivity index (χ0) is 14.4. The molecule has 4 N–H and O–H groups in total. The summed E-state index contributed by atoms with van der Waals surface area (Å²) in [5, 5.41) is 12.3. The molecule has 0 saturated heterocycles. The zero-order valence-corrected chi connectivity index (χ0v) is 11.3. The maximum absolute atomic E-state index is 10.2. The van der Waals surface area contributed by atoms with Crippen molar-refractivity contribution in [3.63, 3.8) is 0 Å². The number of para-hydroxylation sites is 2. The quantitative estimate of drug-likeness (QED) is 0.454. The van der Waals surface area contributed by atoms with Crippen molar-refractivity contribution in [3.05, 3.63) is 60.7 Å². The normalized spacial score (nSPS) is 11.2. The Morgan fingerprint density at radius 3 is 2.43 bits per heavy atom. The van der Waals surface area contributed by atoms with Crippen molar-refractivity contribution in [2.75, 3.05) is 5.73 Å². The Labute approximate surface area is 121 Å². The van der Waals surface area contributed by atoms with E-state index in [0.717, 1.165) is 32.9 Å². The second-order valence-electron chi connectivity index (χ2n) is 5.14. The van der Waals surface area contributed by atoms with Gasteiger partial charge in [0, 0.05) is 38.6 Å². The van der Waals surface area contributed by atoms with Crippen LogP contribution in [0.4, 0.5) is 5.69 Å². The molecule has 4 rings (SSSR count). The molecule has 0 aliphatic carbocycles. The number of phenols is 1. The summed E-state index contributed by atoms with van der Waals surface area (Å²) < 4.78 is 0. The maximum Gasteiger partial charge on any atom is 0.123 e. The van der Waals surface area contributed by atoms with Crippen LogP contribution in [-0.4, -0.2) is 10.1 Å². The van der Waals surface area contributed by atoms with E-state index in [9.17, 15) is 5.11 Å². The van der Waals surface area contributed by atoms with Crippen LogP contribution in [0.1, 0.15) is 0 Å². The van der Waals surface area contributed by atoms with Gasteiger partial charge in [0.1, 0.15) is 5.75 Å². The van der Waals surface area contributed by atoms with Gasteiger partial charge in [-0.15, -0.1) is 0 Å². The van der Waals surface area contributed by atoms with Crippen molar-refractivity contribution < 1.29 is 5.11 Å². The second-order valence-corrected chi connectivity index (χ2v) is 5.14. The van der Waals surface area contributed by atoms with Crippen LogP contribution in [0.15, 0.2) is 60.7 Å². The van der Waals surface area contributed by atoms with E-state index < -0.39 is 0 Å². The number of H-pyrrole nitrogens is 1. The number of nitrogens with one attached hydrogen (secondary N) is 1. The standard InChI is InChI=1S/C18H14N2O/c19-13-9-10-15-18(11-5-1-3-7-14(11)20-15)17(13)12-6-2-4-8-16(12)21/h1-10,20-21H,19H2. The molecule has 0 aliphatic rings. The van der Waals surface area contributed by atoms with Gasteiger partial charge in [-0.25, -0.2) is 0 Å². The smallest absolute Gasteiger partial charge is 0.123 e. The Morgan fingerprint density at radius 1 is 0.810 bits per heavy atom. The molecule has 4 aromatic rings. The van der Waals surface area contributed by atoms with Crippen molar-refractivity contribution in [1.29, 1.82) is 0 Å². The van der Waals surface area contributed by atoms with Gasteiger partial charge in [-0.05, 0) is 24.3 Å². The van der Waals surface area contributed by atoms with Crippen LogP contribution in [0, 0.1) is 0 Å². The molecule has 0 bridgehead atoms. The topological polar surface area (TPSA) is 62.0 Å². The molecule has 0 unspecified atom stereocenters. The van der Waals surface area contributed by atoms with E-state index in [1.807, 2.05) is 48.5 Å². The predicted octanol–water partition coefficient (Wildman–Crippen LogP) is 4.28. The van der Waals surface area contributed by atoms with Gasteiger partial charge in [-0.1, -0.05) is 36.4 Å². The van der Waals surface area contributed by atoms with Gasteiger partial charge in [0.05, 0.1) is 0 Å². The predicted molar refractivity (Wildman–Crippen MR) is 87.3 cm³/mol. The molecule has 3 aromatic carbocycles. The van der Waals surface area contributed by atoms with Crippen LogP contribution in [0.5, 0.6) is 5.75 Å². The number of anilines is 1.